The number of amides is 1. The molecule has 0 saturated heterocycles. The van der Waals surface area contributed by atoms with Gasteiger partial charge in [0.05, 0.1) is 11.0 Å². The Kier molecular flexibility index (Phi) is 6.00. The summed E-state index contributed by atoms with van der Waals surface area (Å²) in [5.41, 5.74) is 3.06. The minimum absolute atomic E-state index is 0.0200. The van der Waals surface area contributed by atoms with E-state index < -0.39 is 0 Å². The van der Waals surface area contributed by atoms with Crippen molar-refractivity contribution in [2.45, 2.75) is 31.6 Å². The third-order valence-electron chi connectivity index (χ3n) is 3.93. The third kappa shape index (κ3) is 4.35. The molecule has 1 amide bonds. The van der Waals surface area contributed by atoms with Gasteiger partial charge in [0.1, 0.15) is 0 Å². The first-order chi connectivity index (χ1) is 12.2. The fourth-order valence-electron chi connectivity index (χ4n) is 2.63. The number of carbonyl (C=O) groups excluding carboxylic acids is 1. The van der Waals surface area contributed by atoms with Crippen molar-refractivity contribution in [1.29, 1.82) is 0 Å². The second kappa shape index (κ2) is 8.41. The van der Waals surface area contributed by atoms with Crippen LogP contribution in [0, 0.1) is 0 Å². The molecule has 3 rings (SSSR count). The van der Waals surface area contributed by atoms with Gasteiger partial charge in [-0.2, -0.15) is 0 Å². The van der Waals surface area contributed by atoms with E-state index in [0.717, 1.165) is 28.3 Å². The molecule has 0 unspecified atom stereocenters. The average Bonchev–Trinajstić information content (AvgIpc) is 2.98. The summed E-state index contributed by atoms with van der Waals surface area (Å²) in [4.78, 5) is 16.7. The number of imidazole rings is 1. The molecule has 0 saturated carbocycles. The van der Waals surface area contributed by atoms with Gasteiger partial charge >= 0.3 is 0 Å². The van der Waals surface area contributed by atoms with E-state index in [0.29, 0.717) is 23.7 Å². The van der Waals surface area contributed by atoms with Crippen LogP contribution in [0.1, 0.15) is 18.9 Å². The number of hydrogen-bond acceptors (Lipinski definition) is 3. The summed E-state index contributed by atoms with van der Waals surface area (Å²) in [7, 11) is 0. The van der Waals surface area contributed by atoms with Gasteiger partial charge in [-0.3, -0.25) is 4.79 Å². The summed E-state index contributed by atoms with van der Waals surface area (Å²) < 4.78 is 2.18. The largest absolute Gasteiger partial charge is 0.352 e. The molecule has 0 aliphatic carbocycles. The second-order valence-electron chi connectivity index (χ2n) is 5.59. The van der Waals surface area contributed by atoms with Crippen LogP contribution in [0.2, 0.25) is 5.02 Å². The molecule has 0 atom stereocenters. The van der Waals surface area contributed by atoms with Crippen LogP contribution in [0.5, 0.6) is 0 Å². The lowest BCUT2D eigenvalue weighted by Crippen LogP contribution is -2.23. The number of aryl methyl sites for hydroxylation is 1. The molecule has 4 nitrogen and oxygen atoms in total. The van der Waals surface area contributed by atoms with Crippen molar-refractivity contribution in [3.63, 3.8) is 0 Å². The average molecular weight is 374 g/mol. The van der Waals surface area contributed by atoms with Crippen LogP contribution >= 0.6 is 23.4 Å². The number of fused-ring (bicyclic) bond motifs is 1. The van der Waals surface area contributed by atoms with Crippen LogP contribution in [0.25, 0.3) is 11.0 Å². The summed E-state index contributed by atoms with van der Waals surface area (Å²) in [6.07, 6.45) is 0.446. The van der Waals surface area contributed by atoms with E-state index in [4.69, 9.17) is 11.6 Å². The summed E-state index contributed by atoms with van der Waals surface area (Å²) in [5.74, 6) is 0.712. The first kappa shape index (κ1) is 17.8. The van der Waals surface area contributed by atoms with Crippen molar-refractivity contribution in [2.75, 3.05) is 5.75 Å². The smallest absolute Gasteiger partial charge is 0.221 e. The zero-order chi connectivity index (χ0) is 17.6. The van der Waals surface area contributed by atoms with E-state index in [-0.39, 0.29) is 5.91 Å². The Morgan fingerprint density at radius 2 is 1.96 bits per heavy atom. The highest BCUT2D eigenvalue weighted by molar-refractivity contribution is 7.99. The Bertz CT molecular complexity index is 878. The number of thioether (sulfide) groups is 1. The van der Waals surface area contributed by atoms with Crippen LogP contribution in [0.3, 0.4) is 0 Å². The highest BCUT2D eigenvalue weighted by Crippen LogP contribution is 2.24. The van der Waals surface area contributed by atoms with Crippen LogP contribution in [-0.4, -0.2) is 21.2 Å². The fourth-order valence-corrected chi connectivity index (χ4v) is 3.85. The van der Waals surface area contributed by atoms with Crippen molar-refractivity contribution >= 4 is 40.3 Å². The van der Waals surface area contributed by atoms with Gasteiger partial charge in [-0.1, -0.05) is 53.7 Å². The van der Waals surface area contributed by atoms with Crippen LogP contribution < -0.4 is 5.32 Å². The third-order valence-corrected chi connectivity index (χ3v) is 5.28. The Morgan fingerprint density at radius 3 is 2.76 bits per heavy atom. The van der Waals surface area contributed by atoms with Crippen LogP contribution in [0.15, 0.2) is 53.7 Å². The van der Waals surface area contributed by atoms with Gasteiger partial charge in [0.25, 0.3) is 0 Å². The zero-order valence-electron chi connectivity index (χ0n) is 14.0. The number of nitrogens with one attached hydrogen (secondary N) is 1. The molecule has 1 heterocycles. The number of rotatable bonds is 7. The lowest BCUT2D eigenvalue weighted by molar-refractivity contribution is -0.120. The standard InChI is InChI=1S/C19H20ClN3OS/c1-2-23-17-10-6-5-9-16(17)22-19(23)25-12-11-18(24)21-13-14-7-3-4-8-15(14)20/h3-10H,2,11-13H2,1H3,(H,21,24). The van der Waals surface area contributed by atoms with E-state index in [1.54, 1.807) is 11.8 Å². The molecule has 1 aromatic heterocycles. The van der Waals surface area contributed by atoms with E-state index in [2.05, 4.69) is 27.9 Å². The maximum absolute atomic E-state index is 12.0. The molecule has 0 aliphatic rings. The number of para-hydroxylation sites is 2. The number of benzene rings is 2. The molecular weight excluding hydrogens is 354 g/mol. The van der Waals surface area contributed by atoms with E-state index in [9.17, 15) is 4.79 Å². The van der Waals surface area contributed by atoms with Gasteiger partial charge < -0.3 is 9.88 Å². The Hall–Kier alpha value is -1.98. The number of aromatic nitrogens is 2. The molecule has 3 aromatic rings. The quantitative estimate of drug-likeness (QED) is 0.620. The Labute approximate surface area is 156 Å². The lowest BCUT2D eigenvalue weighted by Gasteiger charge is -2.07. The minimum Gasteiger partial charge on any atom is -0.352 e. The highest BCUT2D eigenvalue weighted by atomic mass is 35.5. The van der Waals surface area contributed by atoms with Gasteiger partial charge in [0, 0.05) is 30.3 Å². The van der Waals surface area contributed by atoms with Crippen molar-refractivity contribution in [3.8, 4) is 0 Å². The first-order valence-electron chi connectivity index (χ1n) is 8.27. The van der Waals surface area contributed by atoms with Crippen LogP contribution in [0.4, 0.5) is 0 Å². The summed E-state index contributed by atoms with van der Waals surface area (Å²) in [6, 6.07) is 15.6. The van der Waals surface area contributed by atoms with Crippen molar-refractivity contribution in [1.82, 2.24) is 14.9 Å². The molecule has 6 heteroatoms. The molecule has 0 aliphatic heterocycles. The highest BCUT2D eigenvalue weighted by Gasteiger charge is 2.10. The van der Waals surface area contributed by atoms with Gasteiger partial charge in [-0.15, -0.1) is 0 Å². The van der Waals surface area contributed by atoms with E-state index in [1.807, 2.05) is 42.5 Å². The van der Waals surface area contributed by atoms with Crippen molar-refractivity contribution in [2.24, 2.45) is 0 Å². The van der Waals surface area contributed by atoms with Crippen molar-refractivity contribution < 1.29 is 4.79 Å². The zero-order valence-corrected chi connectivity index (χ0v) is 15.6. The summed E-state index contributed by atoms with van der Waals surface area (Å²) in [6.45, 7) is 3.42. The normalized spacial score (nSPS) is 11.0. The van der Waals surface area contributed by atoms with E-state index >= 15 is 0 Å². The lowest BCUT2D eigenvalue weighted by atomic mass is 10.2. The second-order valence-corrected chi connectivity index (χ2v) is 7.06. The molecule has 0 bridgehead atoms. The molecular formula is C19H20ClN3OS. The Balaban J connectivity index is 1.53. The molecule has 0 fully saturated rings. The summed E-state index contributed by atoms with van der Waals surface area (Å²) in [5, 5.41) is 4.55. The predicted octanol–water partition coefficient (Wildman–Crippen LogP) is 4.51. The molecule has 130 valence electrons. The van der Waals surface area contributed by atoms with Gasteiger partial charge in [0.15, 0.2) is 5.16 Å². The maximum Gasteiger partial charge on any atom is 0.221 e. The van der Waals surface area contributed by atoms with Gasteiger partial charge in [-0.05, 0) is 30.7 Å². The minimum atomic E-state index is 0.0200. The number of carbonyl (C=O) groups is 1. The number of nitrogens with zero attached hydrogens (tertiary/aromatic N) is 2. The summed E-state index contributed by atoms with van der Waals surface area (Å²) >= 11 is 7.71. The molecule has 0 radical (unpaired) electrons. The van der Waals surface area contributed by atoms with Gasteiger partial charge in [0.2, 0.25) is 5.91 Å². The number of halogens is 1. The maximum atomic E-state index is 12.0. The molecule has 1 N–H and O–H groups in total. The first-order valence-corrected chi connectivity index (χ1v) is 9.63. The van der Waals surface area contributed by atoms with Gasteiger partial charge in [-0.25, -0.2) is 4.98 Å². The molecule has 2 aromatic carbocycles. The Morgan fingerprint density at radius 1 is 1.20 bits per heavy atom. The monoisotopic (exact) mass is 373 g/mol. The van der Waals surface area contributed by atoms with Crippen molar-refractivity contribution in [3.05, 3.63) is 59.1 Å². The predicted molar refractivity (Wildman–Crippen MR) is 104 cm³/mol. The molecule has 0 spiro atoms. The topological polar surface area (TPSA) is 46.9 Å². The van der Waals surface area contributed by atoms with Crippen LogP contribution in [-0.2, 0) is 17.9 Å². The SMILES string of the molecule is CCn1c(SCCC(=O)NCc2ccccc2Cl)nc2ccccc21. The molecule has 25 heavy (non-hydrogen) atoms. The fraction of sp³-hybridized carbons (Fsp3) is 0.263. The van der Waals surface area contributed by atoms with E-state index in [1.165, 1.54) is 0 Å². The number of hydrogen-bond donors (Lipinski definition) is 1.